The number of rotatable bonds is 2. The van der Waals surface area contributed by atoms with Gasteiger partial charge < -0.3 is 0 Å². The highest BCUT2D eigenvalue weighted by Crippen LogP contribution is 2.09. The highest BCUT2D eigenvalue weighted by Gasteiger charge is 1.90. The van der Waals surface area contributed by atoms with Gasteiger partial charge >= 0.3 is 0 Å². The van der Waals surface area contributed by atoms with E-state index in [-0.39, 0.29) is 0 Å². The van der Waals surface area contributed by atoms with Gasteiger partial charge in [-0.05, 0) is 24.1 Å². The number of benzene rings is 1. The molecule has 0 bridgehead atoms. The van der Waals surface area contributed by atoms with Crippen LogP contribution in [0.5, 0.6) is 0 Å². The molecule has 54 valence electrons. The molecule has 0 aliphatic heterocycles. The van der Waals surface area contributed by atoms with E-state index in [4.69, 9.17) is 0 Å². The summed E-state index contributed by atoms with van der Waals surface area (Å²) in [4.78, 5) is 1.04. The molecule has 0 saturated heterocycles. The van der Waals surface area contributed by atoms with Gasteiger partial charge in [-0.25, -0.2) is 0 Å². The van der Waals surface area contributed by atoms with Gasteiger partial charge in [0.2, 0.25) is 0 Å². The number of alkyl halides is 1. The van der Waals surface area contributed by atoms with Crippen LogP contribution in [0.25, 0.3) is 0 Å². The normalized spacial score (nSPS) is 9.80. The predicted molar refractivity (Wildman–Crippen MR) is 51.2 cm³/mol. The number of hydrogen-bond donors (Lipinski definition) is 1. The van der Waals surface area contributed by atoms with Crippen LogP contribution in [0.3, 0.4) is 0 Å². The van der Waals surface area contributed by atoms with E-state index in [2.05, 4.69) is 40.7 Å². The van der Waals surface area contributed by atoms with Crippen molar-refractivity contribution in [2.45, 2.75) is 11.3 Å². The molecule has 0 aromatic heterocycles. The number of hydrogen-bond acceptors (Lipinski definition) is 1. The lowest BCUT2D eigenvalue weighted by molar-refractivity contribution is 1.15. The maximum absolute atomic E-state index is 4.23. The Labute approximate surface area is 75.2 Å². The molecule has 0 spiro atoms. The van der Waals surface area contributed by atoms with Crippen molar-refractivity contribution in [1.29, 1.82) is 0 Å². The number of aryl methyl sites for hydroxylation is 1. The summed E-state index contributed by atoms with van der Waals surface area (Å²) in [7, 11) is 0. The molecule has 10 heavy (non-hydrogen) atoms. The van der Waals surface area contributed by atoms with Crippen molar-refractivity contribution in [2.75, 3.05) is 5.33 Å². The molecule has 0 aliphatic carbocycles. The molecule has 0 atom stereocenters. The Morgan fingerprint density at radius 2 is 2.20 bits per heavy atom. The second-order valence-electron chi connectivity index (χ2n) is 2.11. The summed E-state index contributed by atoms with van der Waals surface area (Å²) >= 11 is 7.62. The Bertz CT molecular complexity index is 210. The highest BCUT2D eigenvalue weighted by molar-refractivity contribution is 9.09. The van der Waals surface area contributed by atoms with Crippen LogP contribution in [-0.4, -0.2) is 5.33 Å². The molecule has 0 aliphatic rings. The molecule has 0 amide bonds. The summed E-state index contributed by atoms with van der Waals surface area (Å²) in [5, 5.41) is 1.02. The minimum atomic E-state index is 1.02. The molecule has 0 nitrogen and oxygen atoms in total. The minimum absolute atomic E-state index is 1.02. The standard InChI is InChI=1S/C8H9BrS/c9-5-4-7-2-1-3-8(10)6-7/h1-3,6,10H,4-5H2. The molecule has 0 unspecified atom stereocenters. The second-order valence-corrected chi connectivity index (χ2v) is 3.42. The van der Waals surface area contributed by atoms with Crippen LogP contribution in [-0.2, 0) is 6.42 Å². The van der Waals surface area contributed by atoms with E-state index >= 15 is 0 Å². The van der Waals surface area contributed by atoms with Gasteiger partial charge in [0, 0.05) is 10.2 Å². The molecular weight excluding hydrogens is 208 g/mol. The zero-order valence-corrected chi connectivity index (χ0v) is 8.03. The summed E-state index contributed by atoms with van der Waals surface area (Å²) in [6, 6.07) is 8.21. The van der Waals surface area contributed by atoms with Gasteiger partial charge in [0.05, 0.1) is 0 Å². The van der Waals surface area contributed by atoms with Gasteiger partial charge in [0.1, 0.15) is 0 Å². The molecule has 2 heteroatoms. The van der Waals surface area contributed by atoms with E-state index < -0.39 is 0 Å². The summed E-state index contributed by atoms with van der Waals surface area (Å²) in [6.45, 7) is 0. The van der Waals surface area contributed by atoms with Crippen LogP contribution < -0.4 is 0 Å². The molecular formula is C8H9BrS. The van der Waals surface area contributed by atoms with Gasteiger partial charge in [-0.2, -0.15) is 0 Å². The number of thiol groups is 1. The van der Waals surface area contributed by atoms with Crippen LogP contribution in [0.2, 0.25) is 0 Å². The van der Waals surface area contributed by atoms with E-state index in [1.165, 1.54) is 5.56 Å². The fourth-order valence-corrected chi connectivity index (χ4v) is 1.53. The SMILES string of the molecule is Sc1cccc(CCBr)c1. The molecule has 1 aromatic rings. The van der Waals surface area contributed by atoms with Crippen LogP contribution >= 0.6 is 28.6 Å². The third kappa shape index (κ3) is 2.35. The summed E-state index contributed by atoms with van der Waals surface area (Å²) in [5.74, 6) is 0. The molecule has 0 radical (unpaired) electrons. The van der Waals surface area contributed by atoms with Crippen LogP contribution in [0.4, 0.5) is 0 Å². The largest absolute Gasteiger partial charge is 0.143 e. The minimum Gasteiger partial charge on any atom is -0.143 e. The zero-order chi connectivity index (χ0) is 7.40. The van der Waals surface area contributed by atoms with Gasteiger partial charge in [-0.1, -0.05) is 28.1 Å². The molecule has 0 N–H and O–H groups in total. The second kappa shape index (κ2) is 4.04. The van der Waals surface area contributed by atoms with Crippen molar-refractivity contribution in [3.8, 4) is 0 Å². The Morgan fingerprint density at radius 3 is 2.80 bits per heavy atom. The van der Waals surface area contributed by atoms with Crippen molar-refractivity contribution in [1.82, 2.24) is 0 Å². The first kappa shape index (κ1) is 8.15. The lowest BCUT2D eigenvalue weighted by Crippen LogP contribution is -1.83. The van der Waals surface area contributed by atoms with E-state index in [0.717, 1.165) is 16.6 Å². The summed E-state index contributed by atoms with van der Waals surface area (Å²) in [6.07, 6.45) is 1.08. The Hall–Kier alpha value is 0.0500. The van der Waals surface area contributed by atoms with Gasteiger partial charge in [-0.15, -0.1) is 12.6 Å². The third-order valence-corrected chi connectivity index (χ3v) is 1.97. The van der Waals surface area contributed by atoms with E-state index in [1.807, 2.05) is 12.1 Å². The predicted octanol–water partition coefficient (Wildman–Crippen LogP) is 2.91. The Morgan fingerprint density at radius 1 is 1.40 bits per heavy atom. The van der Waals surface area contributed by atoms with E-state index in [9.17, 15) is 0 Å². The lowest BCUT2D eigenvalue weighted by Gasteiger charge is -1.96. The maximum Gasteiger partial charge on any atom is 0.00718 e. The van der Waals surface area contributed by atoms with Gasteiger partial charge in [0.15, 0.2) is 0 Å². The molecule has 0 heterocycles. The monoisotopic (exact) mass is 216 g/mol. The van der Waals surface area contributed by atoms with Crippen LogP contribution in [0.1, 0.15) is 5.56 Å². The third-order valence-electron chi connectivity index (χ3n) is 1.29. The first-order chi connectivity index (χ1) is 4.83. The summed E-state index contributed by atoms with van der Waals surface area (Å²) < 4.78 is 0. The Balaban J connectivity index is 2.75. The van der Waals surface area contributed by atoms with Crippen molar-refractivity contribution >= 4 is 28.6 Å². The maximum atomic E-state index is 4.23. The first-order valence-electron chi connectivity index (χ1n) is 3.17. The fourth-order valence-electron chi connectivity index (χ4n) is 0.821. The van der Waals surface area contributed by atoms with Crippen LogP contribution in [0.15, 0.2) is 29.2 Å². The van der Waals surface area contributed by atoms with E-state index in [1.54, 1.807) is 0 Å². The topological polar surface area (TPSA) is 0 Å². The summed E-state index contributed by atoms with van der Waals surface area (Å²) in [5.41, 5.74) is 1.34. The van der Waals surface area contributed by atoms with Crippen molar-refractivity contribution in [2.24, 2.45) is 0 Å². The van der Waals surface area contributed by atoms with E-state index in [0.29, 0.717) is 0 Å². The first-order valence-corrected chi connectivity index (χ1v) is 4.73. The Kier molecular flexibility index (Phi) is 3.29. The van der Waals surface area contributed by atoms with Crippen LogP contribution in [0, 0.1) is 0 Å². The smallest absolute Gasteiger partial charge is 0.00718 e. The zero-order valence-electron chi connectivity index (χ0n) is 5.55. The number of halogens is 1. The van der Waals surface area contributed by atoms with Gasteiger partial charge in [0.25, 0.3) is 0 Å². The fraction of sp³-hybridized carbons (Fsp3) is 0.250. The van der Waals surface area contributed by atoms with Crippen molar-refractivity contribution in [3.63, 3.8) is 0 Å². The quantitative estimate of drug-likeness (QED) is 0.571. The lowest BCUT2D eigenvalue weighted by atomic mass is 10.2. The molecule has 0 saturated carbocycles. The van der Waals surface area contributed by atoms with Crippen molar-refractivity contribution in [3.05, 3.63) is 29.8 Å². The highest BCUT2D eigenvalue weighted by atomic mass is 79.9. The average Bonchev–Trinajstić information content (AvgIpc) is 1.88. The van der Waals surface area contributed by atoms with Gasteiger partial charge in [-0.3, -0.25) is 0 Å². The molecule has 0 fully saturated rings. The molecule has 1 aromatic carbocycles. The average molecular weight is 217 g/mol. The van der Waals surface area contributed by atoms with Crippen molar-refractivity contribution < 1.29 is 0 Å². The molecule has 1 rings (SSSR count).